The molecular weight excluding hydrogens is 148 g/mol. The molecule has 1 N–H and O–H groups in total. The van der Waals surface area contributed by atoms with E-state index >= 15 is 0 Å². The standard InChI is InChI=1S/C10H22N2/c1-9(2)10-5-4-6-12(7-10)8-11-3/h9-11H,4-8H2,1-3H3/t10-/m1/s1. The van der Waals surface area contributed by atoms with Gasteiger partial charge in [-0.15, -0.1) is 0 Å². The highest BCUT2D eigenvalue weighted by Crippen LogP contribution is 2.22. The van der Waals surface area contributed by atoms with Gasteiger partial charge in [-0.3, -0.25) is 4.90 Å². The van der Waals surface area contributed by atoms with Crippen LogP contribution < -0.4 is 5.32 Å². The van der Waals surface area contributed by atoms with Gasteiger partial charge < -0.3 is 5.32 Å². The first kappa shape index (κ1) is 10.0. The summed E-state index contributed by atoms with van der Waals surface area (Å²) in [5.74, 6) is 1.77. The van der Waals surface area contributed by atoms with E-state index in [0.717, 1.165) is 18.5 Å². The first-order valence-corrected chi connectivity index (χ1v) is 5.11. The Morgan fingerprint density at radius 3 is 2.83 bits per heavy atom. The quantitative estimate of drug-likeness (QED) is 0.691. The number of piperidine rings is 1. The van der Waals surface area contributed by atoms with Crippen LogP contribution in [0.25, 0.3) is 0 Å². The maximum absolute atomic E-state index is 3.22. The maximum atomic E-state index is 3.22. The molecule has 0 amide bonds. The molecule has 0 aliphatic carbocycles. The van der Waals surface area contributed by atoms with E-state index < -0.39 is 0 Å². The summed E-state index contributed by atoms with van der Waals surface area (Å²) < 4.78 is 0. The molecule has 0 aromatic rings. The van der Waals surface area contributed by atoms with Crippen LogP contribution >= 0.6 is 0 Å². The first-order chi connectivity index (χ1) is 5.74. The molecular formula is C10H22N2. The lowest BCUT2D eigenvalue weighted by Crippen LogP contribution is -2.41. The van der Waals surface area contributed by atoms with Crippen molar-refractivity contribution in [2.45, 2.75) is 26.7 Å². The largest absolute Gasteiger partial charge is 0.307 e. The lowest BCUT2D eigenvalue weighted by Gasteiger charge is -2.34. The summed E-state index contributed by atoms with van der Waals surface area (Å²) in [4.78, 5) is 2.52. The van der Waals surface area contributed by atoms with Crippen molar-refractivity contribution in [2.75, 3.05) is 26.8 Å². The monoisotopic (exact) mass is 170 g/mol. The second kappa shape index (κ2) is 4.83. The number of hydrogen-bond acceptors (Lipinski definition) is 2. The molecule has 0 saturated carbocycles. The predicted molar refractivity (Wildman–Crippen MR) is 53.1 cm³/mol. The average molecular weight is 170 g/mol. The Kier molecular flexibility index (Phi) is 4.02. The topological polar surface area (TPSA) is 15.3 Å². The van der Waals surface area contributed by atoms with Crippen molar-refractivity contribution in [2.24, 2.45) is 11.8 Å². The smallest absolute Gasteiger partial charge is 0.0478 e. The molecule has 0 aromatic heterocycles. The predicted octanol–water partition coefficient (Wildman–Crippen LogP) is 1.53. The van der Waals surface area contributed by atoms with Gasteiger partial charge in [0.25, 0.3) is 0 Å². The number of nitrogens with zero attached hydrogens (tertiary/aromatic N) is 1. The van der Waals surface area contributed by atoms with Crippen molar-refractivity contribution in [3.05, 3.63) is 0 Å². The van der Waals surface area contributed by atoms with Crippen molar-refractivity contribution in [1.82, 2.24) is 10.2 Å². The van der Waals surface area contributed by atoms with Gasteiger partial charge in [0.15, 0.2) is 0 Å². The summed E-state index contributed by atoms with van der Waals surface area (Å²) >= 11 is 0. The Morgan fingerprint density at radius 1 is 1.50 bits per heavy atom. The second-order valence-corrected chi connectivity index (χ2v) is 4.23. The summed E-state index contributed by atoms with van der Waals surface area (Å²) in [5.41, 5.74) is 0. The highest BCUT2D eigenvalue weighted by Gasteiger charge is 2.21. The van der Waals surface area contributed by atoms with Crippen LogP contribution in [0.15, 0.2) is 0 Å². The van der Waals surface area contributed by atoms with Crippen LogP contribution in [0.1, 0.15) is 26.7 Å². The Morgan fingerprint density at radius 2 is 2.25 bits per heavy atom. The minimum atomic E-state index is 0.852. The maximum Gasteiger partial charge on any atom is 0.0478 e. The molecule has 2 heteroatoms. The van der Waals surface area contributed by atoms with Gasteiger partial charge >= 0.3 is 0 Å². The zero-order valence-corrected chi connectivity index (χ0v) is 8.64. The molecule has 1 saturated heterocycles. The summed E-state index contributed by atoms with van der Waals surface area (Å²) in [6.07, 6.45) is 2.81. The molecule has 0 radical (unpaired) electrons. The fraction of sp³-hybridized carbons (Fsp3) is 1.00. The van der Waals surface area contributed by atoms with Gasteiger partial charge in [0.05, 0.1) is 0 Å². The van der Waals surface area contributed by atoms with Crippen LogP contribution in [-0.2, 0) is 0 Å². The number of rotatable bonds is 3. The Hall–Kier alpha value is -0.0800. The molecule has 1 aliphatic rings. The van der Waals surface area contributed by atoms with Crippen LogP contribution in [0, 0.1) is 11.8 Å². The van der Waals surface area contributed by atoms with Crippen LogP contribution in [0.2, 0.25) is 0 Å². The summed E-state index contributed by atoms with van der Waals surface area (Å²) in [6, 6.07) is 0. The van der Waals surface area contributed by atoms with Crippen molar-refractivity contribution >= 4 is 0 Å². The van der Waals surface area contributed by atoms with Gasteiger partial charge in [0, 0.05) is 13.2 Å². The van der Waals surface area contributed by atoms with Gasteiger partial charge in [0.1, 0.15) is 0 Å². The van der Waals surface area contributed by atoms with Gasteiger partial charge in [0.2, 0.25) is 0 Å². The molecule has 72 valence electrons. The van der Waals surface area contributed by atoms with Crippen LogP contribution in [-0.4, -0.2) is 31.7 Å². The number of nitrogens with one attached hydrogen (secondary N) is 1. The molecule has 1 rings (SSSR count). The third-order valence-electron chi connectivity index (χ3n) is 2.87. The third kappa shape index (κ3) is 2.76. The molecule has 1 fully saturated rings. The second-order valence-electron chi connectivity index (χ2n) is 4.23. The van der Waals surface area contributed by atoms with E-state index in [1.807, 2.05) is 7.05 Å². The number of likely N-dealkylation sites (tertiary alicyclic amines) is 1. The lowest BCUT2D eigenvalue weighted by atomic mass is 9.88. The normalized spacial score (nSPS) is 26.5. The summed E-state index contributed by atoms with van der Waals surface area (Å²) in [5, 5.41) is 3.22. The third-order valence-corrected chi connectivity index (χ3v) is 2.87. The molecule has 0 aromatic carbocycles. The molecule has 0 spiro atoms. The minimum Gasteiger partial charge on any atom is -0.307 e. The fourth-order valence-corrected chi connectivity index (χ4v) is 2.00. The molecule has 1 heterocycles. The lowest BCUT2D eigenvalue weighted by molar-refractivity contribution is 0.139. The Labute approximate surface area is 76.3 Å². The average Bonchev–Trinajstić information content (AvgIpc) is 2.05. The molecule has 0 bridgehead atoms. The fourth-order valence-electron chi connectivity index (χ4n) is 2.00. The van der Waals surface area contributed by atoms with E-state index in [9.17, 15) is 0 Å². The molecule has 12 heavy (non-hydrogen) atoms. The molecule has 1 atom stereocenters. The van der Waals surface area contributed by atoms with Crippen molar-refractivity contribution < 1.29 is 0 Å². The van der Waals surface area contributed by atoms with Crippen molar-refractivity contribution in [3.63, 3.8) is 0 Å². The van der Waals surface area contributed by atoms with Gasteiger partial charge in [-0.05, 0) is 38.3 Å². The van der Waals surface area contributed by atoms with Crippen molar-refractivity contribution in [3.8, 4) is 0 Å². The highest BCUT2D eigenvalue weighted by molar-refractivity contribution is 4.74. The summed E-state index contributed by atoms with van der Waals surface area (Å²) in [7, 11) is 2.03. The van der Waals surface area contributed by atoms with E-state index in [1.165, 1.54) is 25.9 Å². The zero-order valence-electron chi connectivity index (χ0n) is 8.64. The molecule has 2 nitrogen and oxygen atoms in total. The summed E-state index contributed by atoms with van der Waals surface area (Å²) in [6.45, 7) is 8.31. The SMILES string of the molecule is CNCN1CCC[C@@H](C(C)C)C1. The Balaban J connectivity index is 2.30. The van der Waals surface area contributed by atoms with E-state index in [2.05, 4.69) is 24.1 Å². The van der Waals surface area contributed by atoms with E-state index in [4.69, 9.17) is 0 Å². The molecule has 0 unspecified atom stereocenters. The van der Waals surface area contributed by atoms with Crippen LogP contribution in [0.5, 0.6) is 0 Å². The highest BCUT2D eigenvalue weighted by atomic mass is 15.2. The van der Waals surface area contributed by atoms with Gasteiger partial charge in [-0.25, -0.2) is 0 Å². The first-order valence-electron chi connectivity index (χ1n) is 5.11. The Bertz CT molecular complexity index is 121. The van der Waals surface area contributed by atoms with Crippen LogP contribution in [0.4, 0.5) is 0 Å². The zero-order chi connectivity index (χ0) is 8.97. The van der Waals surface area contributed by atoms with E-state index in [-0.39, 0.29) is 0 Å². The van der Waals surface area contributed by atoms with Gasteiger partial charge in [-0.1, -0.05) is 13.8 Å². The minimum absolute atomic E-state index is 0.852. The van der Waals surface area contributed by atoms with Crippen molar-refractivity contribution in [1.29, 1.82) is 0 Å². The van der Waals surface area contributed by atoms with Gasteiger partial charge in [-0.2, -0.15) is 0 Å². The van der Waals surface area contributed by atoms with Crippen LogP contribution in [0.3, 0.4) is 0 Å². The van der Waals surface area contributed by atoms with E-state index in [1.54, 1.807) is 0 Å². The number of hydrogen-bond donors (Lipinski definition) is 1. The molecule has 1 aliphatic heterocycles. The van der Waals surface area contributed by atoms with E-state index in [0.29, 0.717) is 0 Å².